The normalized spacial score (nSPS) is 15.1. The fourth-order valence-corrected chi connectivity index (χ4v) is 5.04. The lowest BCUT2D eigenvalue weighted by Crippen LogP contribution is -2.45. The van der Waals surface area contributed by atoms with Gasteiger partial charge in [0.05, 0.1) is 11.3 Å². The number of hydrogen-bond donors (Lipinski definition) is 1. The van der Waals surface area contributed by atoms with Gasteiger partial charge in [-0.15, -0.1) is 0 Å². The zero-order valence-corrected chi connectivity index (χ0v) is 18.6. The van der Waals surface area contributed by atoms with Crippen molar-refractivity contribution in [2.45, 2.75) is 6.42 Å². The summed E-state index contributed by atoms with van der Waals surface area (Å²) in [5.41, 5.74) is 4.52. The molecule has 0 aromatic heterocycles. The molecule has 4 aromatic carbocycles. The average molecular weight is 455 g/mol. The van der Waals surface area contributed by atoms with Gasteiger partial charge in [0.1, 0.15) is 0 Å². The number of rotatable bonds is 4. The van der Waals surface area contributed by atoms with Crippen LogP contribution in [0.1, 0.15) is 11.1 Å². The Morgan fingerprint density at radius 3 is 2.28 bits per heavy atom. The highest BCUT2D eigenvalue weighted by Gasteiger charge is 2.33. The third-order valence-electron chi connectivity index (χ3n) is 5.37. The first-order valence-electron chi connectivity index (χ1n) is 10.1. The molecule has 0 atom stereocenters. The van der Waals surface area contributed by atoms with Gasteiger partial charge < -0.3 is 0 Å². The molecule has 1 fully saturated rings. The van der Waals surface area contributed by atoms with Crippen LogP contribution in [0.15, 0.2) is 89.8 Å². The standard InChI is InChI=1S/C26H18N2O2S2/c29-24(16-20-12-6-10-18-8-2-4-14-22(18)20)27-28-25(30)23(32-26(28)31)15-19-11-5-9-17-7-1-3-13-21(17)19/h1-15H,16H2,(H,27,29)/b23-15+. The Labute approximate surface area is 194 Å². The quantitative estimate of drug-likeness (QED) is 0.328. The molecule has 1 heterocycles. The predicted octanol–water partition coefficient (Wildman–Crippen LogP) is 5.47. The summed E-state index contributed by atoms with van der Waals surface area (Å²) in [6.07, 6.45) is 1.99. The lowest BCUT2D eigenvalue weighted by Gasteiger charge is -2.16. The molecule has 1 aliphatic heterocycles. The maximum atomic E-state index is 13.0. The van der Waals surface area contributed by atoms with Crippen LogP contribution in [0.5, 0.6) is 0 Å². The van der Waals surface area contributed by atoms with E-state index >= 15 is 0 Å². The minimum Gasteiger partial charge on any atom is -0.273 e. The summed E-state index contributed by atoms with van der Waals surface area (Å²) in [6, 6.07) is 27.7. The number of fused-ring (bicyclic) bond motifs is 2. The van der Waals surface area contributed by atoms with Crippen molar-refractivity contribution in [2.75, 3.05) is 0 Å². The molecule has 6 heteroatoms. The van der Waals surface area contributed by atoms with E-state index in [0.29, 0.717) is 9.23 Å². The minimum absolute atomic E-state index is 0.154. The van der Waals surface area contributed by atoms with E-state index in [1.807, 2.05) is 91.0 Å². The maximum Gasteiger partial charge on any atom is 0.285 e. The highest BCUT2D eigenvalue weighted by atomic mass is 32.2. The summed E-state index contributed by atoms with van der Waals surface area (Å²) in [5.74, 6) is -0.608. The molecule has 1 N–H and O–H groups in total. The van der Waals surface area contributed by atoms with Crippen LogP contribution < -0.4 is 5.43 Å². The van der Waals surface area contributed by atoms with Crippen molar-refractivity contribution in [1.82, 2.24) is 10.4 Å². The molecule has 0 aliphatic carbocycles. The number of benzene rings is 4. The number of hydrazine groups is 1. The van der Waals surface area contributed by atoms with Crippen molar-refractivity contribution in [2.24, 2.45) is 0 Å². The van der Waals surface area contributed by atoms with Gasteiger partial charge in [0.2, 0.25) is 5.91 Å². The van der Waals surface area contributed by atoms with E-state index in [4.69, 9.17) is 12.2 Å². The average Bonchev–Trinajstić information content (AvgIpc) is 3.07. The number of amides is 2. The summed E-state index contributed by atoms with van der Waals surface area (Å²) < 4.78 is 0.313. The number of nitrogens with zero attached hydrogens (tertiary/aromatic N) is 1. The van der Waals surface area contributed by atoms with Crippen LogP contribution >= 0.6 is 24.0 Å². The summed E-state index contributed by atoms with van der Waals surface area (Å²) in [5, 5.41) is 5.41. The molecule has 5 rings (SSSR count). The van der Waals surface area contributed by atoms with Gasteiger partial charge in [0.25, 0.3) is 5.91 Å². The first-order chi connectivity index (χ1) is 15.6. The van der Waals surface area contributed by atoms with Crippen molar-refractivity contribution >= 4 is 67.7 Å². The van der Waals surface area contributed by atoms with E-state index in [2.05, 4.69) is 5.43 Å². The van der Waals surface area contributed by atoms with Crippen LogP contribution in [0.25, 0.3) is 27.6 Å². The van der Waals surface area contributed by atoms with E-state index in [1.54, 1.807) is 0 Å². The van der Waals surface area contributed by atoms with Gasteiger partial charge in [0.15, 0.2) is 4.32 Å². The Morgan fingerprint density at radius 2 is 1.50 bits per heavy atom. The topological polar surface area (TPSA) is 49.4 Å². The summed E-state index contributed by atoms with van der Waals surface area (Å²) in [6.45, 7) is 0. The van der Waals surface area contributed by atoms with Gasteiger partial charge in [-0.05, 0) is 51.0 Å². The molecule has 0 spiro atoms. The van der Waals surface area contributed by atoms with E-state index < -0.39 is 0 Å². The Balaban J connectivity index is 1.36. The number of thioether (sulfide) groups is 1. The predicted molar refractivity (Wildman–Crippen MR) is 135 cm³/mol. The van der Waals surface area contributed by atoms with Crippen LogP contribution in [0.2, 0.25) is 0 Å². The molecule has 1 aliphatic rings. The molecule has 0 radical (unpaired) electrons. The molecule has 32 heavy (non-hydrogen) atoms. The second-order valence-electron chi connectivity index (χ2n) is 7.44. The van der Waals surface area contributed by atoms with Crippen molar-refractivity contribution < 1.29 is 9.59 Å². The first-order valence-corrected chi connectivity index (χ1v) is 11.3. The third-order valence-corrected chi connectivity index (χ3v) is 6.67. The molecule has 2 amide bonds. The minimum atomic E-state index is -0.320. The highest BCUT2D eigenvalue weighted by molar-refractivity contribution is 8.26. The van der Waals surface area contributed by atoms with Crippen molar-refractivity contribution in [1.29, 1.82) is 0 Å². The lowest BCUT2D eigenvalue weighted by molar-refractivity contribution is -0.132. The number of carbonyl (C=O) groups is 2. The number of thiocarbonyl (C=S) groups is 1. The van der Waals surface area contributed by atoms with Crippen LogP contribution in [0.4, 0.5) is 0 Å². The van der Waals surface area contributed by atoms with E-state index in [1.165, 1.54) is 16.8 Å². The number of hydrogen-bond acceptors (Lipinski definition) is 4. The SMILES string of the molecule is O=C(Cc1cccc2ccccc12)NN1C(=O)/C(=C\c2cccc3ccccc23)SC1=S. The molecular formula is C26H18N2O2S2. The van der Waals surface area contributed by atoms with Crippen LogP contribution in [-0.2, 0) is 16.0 Å². The van der Waals surface area contributed by atoms with Gasteiger partial charge >= 0.3 is 0 Å². The summed E-state index contributed by atoms with van der Waals surface area (Å²) in [4.78, 5) is 26.2. The van der Waals surface area contributed by atoms with Gasteiger partial charge in [0, 0.05) is 0 Å². The smallest absolute Gasteiger partial charge is 0.273 e. The summed E-state index contributed by atoms with van der Waals surface area (Å²) in [7, 11) is 0. The van der Waals surface area contributed by atoms with Gasteiger partial charge in [-0.1, -0.05) is 96.7 Å². The molecule has 1 saturated heterocycles. The lowest BCUT2D eigenvalue weighted by atomic mass is 10.0. The van der Waals surface area contributed by atoms with Crippen molar-refractivity contribution in [3.05, 3.63) is 101 Å². The fourth-order valence-electron chi connectivity index (χ4n) is 3.87. The Morgan fingerprint density at radius 1 is 0.875 bits per heavy atom. The Bertz CT molecular complexity index is 1420. The van der Waals surface area contributed by atoms with Gasteiger partial charge in [-0.2, -0.15) is 5.01 Å². The van der Waals surface area contributed by atoms with Crippen molar-refractivity contribution in [3.63, 3.8) is 0 Å². The van der Waals surface area contributed by atoms with Gasteiger partial charge in [-0.3, -0.25) is 15.0 Å². The molecule has 0 unspecified atom stereocenters. The van der Waals surface area contributed by atoms with E-state index in [0.717, 1.165) is 32.7 Å². The molecule has 0 saturated carbocycles. The van der Waals surface area contributed by atoms with Crippen LogP contribution in [0.3, 0.4) is 0 Å². The number of nitrogens with one attached hydrogen (secondary N) is 1. The van der Waals surface area contributed by atoms with E-state index in [-0.39, 0.29) is 18.2 Å². The zero-order valence-electron chi connectivity index (χ0n) is 16.9. The number of carbonyl (C=O) groups excluding carboxylic acids is 2. The highest BCUT2D eigenvalue weighted by Crippen LogP contribution is 2.33. The Hall–Kier alpha value is -3.48. The molecule has 4 nitrogen and oxygen atoms in total. The summed E-state index contributed by atoms with van der Waals surface area (Å²) >= 11 is 6.57. The monoisotopic (exact) mass is 454 g/mol. The third kappa shape index (κ3) is 3.90. The maximum absolute atomic E-state index is 13.0. The first kappa shape index (κ1) is 20.4. The molecule has 4 aromatic rings. The second kappa shape index (κ2) is 8.57. The molecule has 0 bridgehead atoms. The van der Waals surface area contributed by atoms with Gasteiger partial charge in [-0.25, -0.2) is 0 Å². The molecule has 156 valence electrons. The zero-order chi connectivity index (χ0) is 22.1. The van der Waals surface area contributed by atoms with E-state index in [9.17, 15) is 9.59 Å². The molecular weight excluding hydrogens is 436 g/mol. The van der Waals surface area contributed by atoms with Crippen LogP contribution in [0, 0.1) is 0 Å². The van der Waals surface area contributed by atoms with Crippen LogP contribution in [-0.4, -0.2) is 21.1 Å². The van der Waals surface area contributed by atoms with Crippen molar-refractivity contribution in [3.8, 4) is 0 Å². The second-order valence-corrected chi connectivity index (χ2v) is 9.11. The Kier molecular flexibility index (Phi) is 5.47. The fraction of sp³-hybridized carbons (Fsp3) is 0.0385. The largest absolute Gasteiger partial charge is 0.285 e.